The van der Waals surface area contributed by atoms with Gasteiger partial charge >= 0.3 is 6.18 Å². The first-order chi connectivity index (χ1) is 15.1. The highest BCUT2D eigenvalue weighted by atomic mass is 35.5. The number of carbonyl (C=O) groups is 1. The number of alkyl halides is 3. The van der Waals surface area contributed by atoms with E-state index >= 15 is 0 Å². The Balaban J connectivity index is 1.50. The average Bonchev–Trinajstić information content (AvgIpc) is 3.39. The first-order valence-corrected chi connectivity index (χ1v) is 10.1. The molecule has 166 valence electrons. The molecule has 2 aliphatic heterocycles. The van der Waals surface area contributed by atoms with Gasteiger partial charge in [0, 0.05) is 23.6 Å². The lowest BCUT2D eigenvalue weighted by Crippen LogP contribution is -2.32. The van der Waals surface area contributed by atoms with Crippen molar-refractivity contribution in [3.63, 3.8) is 0 Å². The second-order valence-electron chi connectivity index (χ2n) is 7.79. The molecule has 3 heterocycles. The fourth-order valence-electron chi connectivity index (χ4n) is 4.18. The molecule has 1 aromatic heterocycles. The van der Waals surface area contributed by atoms with Crippen molar-refractivity contribution in [1.82, 2.24) is 9.88 Å². The standard InChI is InChI=1S/C22H17ClF3N3O3/c1-29(18-9-32-19-4-10(22(24,25)26)2-3-11(18)19)21(30)13-5-12-14-7-31-8-15(14)20(27)28-17(12)6-16(13)23/h2-6,18H,7-9H2,1H3,(H2,27,28)/t18-/m1/s1. The summed E-state index contributed by atoms with van der Waals surface area (Å²) in [6.45, 7) is 0.756. The number of hydrogen-bond donors (Lipinski definition) is 1. The molecule has 0 aliphatic carbocycles. The number of rotatable bonds is 2. The number of nitrogen functional groups attached to an aromatic ring is 1. The minimum absolute atomic E-state index is 0.0470. The molecule has 2 N–H and O–H groups in total. The van der Waals surface area contributed by atoms with Gasteiger partial charge in [-0.1, -0.05) is 17.7 Å². The Labute approximate surface area is 185 Å². The Hall–Kier alpha value is -3.04. The molecule has 0 radical (unpaired) electrons. The van der Waals surface area contributed by atoms with Crippen molar-refractivity contribution in [2.45, 2.75) is 25.4 Å². The number of likely N-dealkylation sites (N-methyl/N-ethyl adjacent to an activating group) is 1. The van der Waals surface area contributed by atoms with Gasteiger partial charge < -0.3 is 20.1 Å². The zero-order valence-electron chi connectivity index (χ0n) is 16.8. The van der Waals surface area contributed by atoms with Crippen LogP contribution in [-0.2, 0) is 24.1 Å². The van der Waals surface area contributed by atoms with Gasteiger partial charge in [0.25, 0.3) is 5.91 Å². The number of nitrogens with zero attached hydrogens (tertiary/aromatic N) is 2. The molecule has 0 spiro atoms. The molecule has 10 heteroatoms. The number of fused-ring (bicyclic) bond motifs is 4. The summed E-state index contributed by atoms with van der Waals surface area (Å²) in [7, 11) is 1.57. The highest BCUT2D eigenvalue weighted by Gasteiger charge is 2.36. The molecule has 0 unspecified atom stereocenters. The highest BCUT2D eigenvalue weighted by Crippen LogP contribution is 2.41. The van der Waals surface area contributed by atoms with E-state index in [1.54, 1.807) is 19.2 Å². The van der Waals surface area contributed by atoms with Gasteiger partial charge in [-0.2, -0.15) is 13.2 Å². The van der Waals surface area contributed by atoms with Gasteiger partial charge in [-0.25, -0.2) is 4.98 Å². The normalized spacial score (nSPS) is 17.2. The van der Waals surface area contributed by atoms with Crippen LogP contribution in [0, 0.1) is 0 Å². The summed E-state index contributed by atoms with van der Waals surface area (Å²) in [5, 5.41) is 0.928. The molecule has 32 heavy (non-hydrogen) atoms. The lowest BCUT2D eigenvalue weighted by molar-refractivity contribution is -0.137. The first-order valence-electron chi connectivity index (χ1n) is 9.74. The van der Waals surface area contributed by atoms with Crippen LogP contribution in [0.15, 0.2) is 30.3 Å². The van der Waals surface area contributed by atoms with Gasteiger partial charge in [0.15, 0.2) is 0 Å². The lowest BCUT2D eigenvalue weighted by atomic mass is 10.0. The number of nitrogens with two attached hydrogens (primary N) is 1. The van der Waals surface area contributed by atoms with Crippen LogP contribution in [0.4, 0.5) is 19.0 Å². The monoisotopic (exact) mass is 463 g/mol. The predicted molar refractivity (Wildman–Crippen MR) is 111 cm³/mol. The van der Waals surface area contributed by atoms with Crippen molar-refractivity contribution in [3.05, 3.63) is 63.2 Å². The van der Waals surface area contributed by atoms with Crippen molar-refractivity contribution in [2.75, 3.05) is 19.4 Å². The summed E-state index contributed by atoms with van der Waals surface area (Å²) < 4.78 is 49.9. The van der Waals surface area contributed by atoms with Gasteiger partial charge in [0.1, 0.15) is 18.2 Å². The smallest absolute Gasteiger partial charge is 0.416 e. The second kappa shape index (κ2) is 7.25. The number of amides is 1. The molecule has 0 saturated carbocycles. The molecule has 1 amide bonds. The Morgan fingerprint density at radius 3 is 2.72 bits per heavy atom. The van der Waals surface area contributed by atoms with Crippen molar-refractivity contribution in [3.8, 4) is 5.75 Å². The number of hydrogen-bond acceptors (Lipinski definition) is 5. The summed E-state index contributed by atoms with van der Waals surface area (Å²) in [4.78, 5) is 19.1. The van der Waals surface area contributed by atoms with Crippen LogP contribution in [0.25, 0.3) is 10.9 Å². The molecular weight excluding hydrogens is 447 g/mol. The maximum Gasteiger partial charge on any atom is 0.416 e. The predicted octanol–water partition coefficient (Wildman–Crippen LogP) is 4.73. The topological polar surface area (TPSA) is 77.7 Å². The van der Waals surface area contributed by atoms with Crippen LogP contribution in [0.1, 0.15) is 38.7 Å². The molecule has 0 fully saturated rings. The highest BCUT2D eigenvalue weighted by molar-refractivity contribution is 6.34. The fourth-order valence-corrected chi connectivity index (χ4v) is 4.42. The Morgan fingerprint density at radius 2 is 1.97 bits per heavy atom. The van der Waals surface area contributed by atoms with Gasteiger partial charge in [-0.3, -0.25) is 4.79 Å². The third kappa shape index (κ3) is 3.23. The summed E-state index contributed by atoms with van der Waals surface area (Å²) >= 11 is 6.41. The third-order valence-corrected chi connectivity index (χ3v) is 6.25. The first kappa shape index (κ1) is 20.8. The molecule has 2 aromatic carbocycles. The Morgan fingerprint density at radius 1 is 1.22 bits per heavy atom. The SMILES string of the molecule is CN(C(=O)c1cc2c3c(c(N)nc2cc1Cl)COC3)[C@@H]1COc2cc(C(F)(F)F)ccc21. The van der Waals surface area contributed by atoms with E-state index in [0.29, 0.717) is 30.1 Å². The number of halogens is 4. The maximum absolute atomic E-state index is 13.3. The van der Waals surface area contributed by atoms with Crippen LogP contribution in [0.3, 0.4) is 0 Å². The largest absolute Gasteiger partial charge is 0.491 e. The molecule has 3 aromatic rings. The van der Waals surface area contributed by atoms with Crippen molar-refractivity contribution in [2.24, 2.45) is 0 Å². The molecule has 2 aliphatic rings. The summed E-state index contributed by atoms with van der Waals surface area (Å²) in [5.41, 5.74) is 8.19. The second-order valence-corrected chi connectivity index (χ2v) is 8.20. The number of benzene rings is 2. The minimum Gasteiger partial charge on any atom is -0.491 e. The van der Waals surface area contributed by atoms with Crippen molar-refractivity contribution < 1.29 is 27.4 Å². The van der Waals surface area contributed by atoms with E-state index in [1.165, 1.54) is 11.0 Å². The van der Waals surface area contributed by atoms with Crippen LogP contribution in [0.5, 0.6) is 5.75 Å². The van der Waals surface area contributed by atoms with E-state index in [9.17, 15) is 18.0 Å². The van der Waals surface area contributed by atoms with Crippen molar-refractivity contribution >= 4 is 34.2 Å². The summed E-state index contributed by atoms with van der Waals surface area (Å²) in [5.74, 6) is 0.0988. The fraction of sp³-hybridized carbons (Fsp3) is 0.273. The molecule has 1 atom stereocenters. The van der Waals surface area contributed by atoms with Crippen LogP contribution < -0.4 is 10.5 Å². The number of pyridine rings is 1. The summed E-state index contributed by atoms with van der Waals surface area (Å²) in [6, 6.07) is 5.99. The summed E-state index contributed by atoms with van der Waals surface area (Å²) in [6.07, 6.45) is -4.47. The van der Waals surface area contributed by atoms with Crippen molar-refractivity contribution in [1.29, 1.82) is 0 Å². The van der Waals surface area contributed by atoms with E-state index < -0.39 is 17.8 Å². The van der Waals surface area contributed by atoms with Gasteiger partial charge in [0.05, 0.1) is 40.9 Å². The van der Waals surface area contributed by atoms with Gasteiger partial charge in [0.2, 0.25) is 0 Å². The molecule has 0 saturated heterocycles. The van der Waals surface area contributed by atoms with E-state index in [0.717, 1.165) is 28.6 Å². The third-order valence-electron chi connectivity index (χ3n) is 5.93. The average molecular weight is 464 g/mol. The quantitative estimate of drug-likeness (QED) is 0.594. The van der Waals surface area contributed by atoms with E-state index in [1.807, 2.05) is 0 Å². The molecule has 0 bridgehead atoms. The van der Waals surface area contributed by atoms with Crippen LogP contribution >= 0.6 is 11.6 Å². The molecular formula is C22H17ClF3N3O3. The zero-order valence-corrected chi connectivity index (χ0v) is 17.5. The number of ether oxygens (including phenoxy) is 2. The molecule has 5 rings (SSSR count). The minimum atomic E-state index is -4.47. The van der Waals surface area contributed by atoms with Crippen LogP contribution in [0.2, 0.25) is 5.02 Å². The Kier molecular flexibility index (Phi) is 4.72. The number of carbonyl (C=O) groups excluding carboxylic acids is 1. The lowest BCUT2D eigenvalue weighted by Gasteiger charge is -2.24. The zero-order chi connectivity index (χ0) is 22.8. The van der Waals surface area contributed by atoms with E-state index in [2.05, 4.69) is 4.98 Å². The number of aromatic nitrogens is 1. The van der Waals surface area contributed by atoms with E-state index in [4.69, 9.17) is 26.8 Å². The Bertz CT molecular complexity index is 1280. The van der Waals surface area contributed by atoms with Crippen LogP contribution in [-0.4, -0.2) is 29.4 Å². The molecule has 6 nitrogen and oxygen atoms in total. The van der Waals surface area contributed by atoms with E-state index in [-0.39, 0.29) is 28.8 Å². The van der Waals surface area contributed by atoms with Gasteiger partial charge in [-0.15, -0.1) is 0 Å². The van der Waals surface area contributed by atoms with Gasteiger partial charge in [-0.05, 0) is 29.8 Å². The number of anilines is 1. The maximum atomic E-state index is 13.3.